The number of aliphatic hydroxyl groups is 1. The first-order valence-corrected chi connectivity index (χ1v) is 7.47. The quantitative estimate of drug-likeness (QED) is 0.560. The van der Waals surface area contributed by atoms with Gasteiger partial charge in [-0.25, -0.2) is 4.79 Å². The van der Waals surface area contributed by atoms with E-state index in [1.165, 1.54) is 18.9 Å². The summed E-state index contributed by atoms with van der Waals surface area (Å²) in [4.78, 5) is 12.0. The second-order valence-electron chi connectivity index (χ2n) is 4.60. The SMILES string of the molecule is COc1ccccc1C(Sc1ccccc1N)C(O)C(=O)O. The lowest BCUT2D eigenvalue weighted by molar-refractivity contribution is -0.146. The Bertz CT molecular complexity index is 662. The van der Waals surface area contributed by atoms with E-state index in [-0.39, 0.29) is 0 Å². The summed E-state index contributed by atoms with van der Waals surface area (Å²) in [5.74, 6) is -0.771. The highest BCUT2D eigenvalue weighted by Crippen LogP contribution is 2.43. The molecule has 116 valence electrons. The Labute approximate surface area is 132 Å². The molecule has 22 heavy (non-hydrogen) atoms. The van der Waals surface area contributed by atoms with Crippen LogP contribution in [0.5, 0.6) is 5.75 Å². The number of methoxy groups -OCH3 is 1. The molecule has 0 aliphatic heterocycles. The van der Waals surface area contributed by atoms with Crippen LogP contribution in [0.25, 0.3) is 0 Å². The van der Waals surface area contributed by atoms with Gasteiger partial charge in [-0.1, -0.05) is 30.3 Å². The molecule has 0 aliphatic carbocycles. The van der Waals surface area contributed by atoms with Gasteiger partial charge in [-0.15, -0.1) is 11.8 Å². The highest BCUT2D eigenvalue weighted by Gasteiger charge is 2.31. The lowest BCUT2D eigenvalue weighted by Gasteiger charge is -2.22. The van der Waals surface area contributed by atoms with Gasteiger partial charge in [0.05, 0.1) is 12.4 Å². The zero-order chi connectivity index (χ0) is 16.1. The standard InChI is InChI=1S/C16H17NO4S/c1-21-12-8-4-2-6-10(12)15(14(18)16(19)20)22-13-9-5-3-7-11(13)17/h2-9,14-15,18H,17H2,1H3,(H,19,20). The summed E-state index contributed by atoms with van der Waals surface area (Å²) in [6.07, 6.45) is -1.58. The van der Waals surface area contributed by atoms with Crippen molar-refractivity contribution in [3.05, 3.63) is 54.1 Å². The Balaban J connectivity index is 2.43. The third kappa shape index (κ3) is 3.52. The van der Waals surface area contributed by atoms with Gasteiger partial charge >= 0.3 is 5.97 Å². The van der Waals surface area contributed by atoms with Gasteiger partial charge in [0, 0.05) is 16.1 Å². The van der Waals surface area contributed by atoms with E-state index < -0.39 is 17.3 Å². The summed E-state index contributed by atoms with van der Waals surface area (Å²) in [5.41, 5.74) is 7.05. The van der Waals surface area contributed by atoms with Crippen molar-refractivity contribution in [3.63, 3.8) is 0 Å². The van der Waals surface area contributed by atoms with Crippen molar-refractivity contribution < 1.29 is 19.7 Å². The number of para-hydroxylation sites is 2. The van der Waals surface area contributed by atoms with Gasteiger partial charge in [-0.2, -0.15) is 0 Å². The van der Waals surface area contributed by atoms with E-state index in [1.54, 1.807) is 42.5 Å². The lowest BCUT2D eigenvalue weighted by Crippen LogP contribution is -2.26. The summed E-state index contributed by atoms with van der Waals surface area (Å²) in [5, 5.41) is 18.5. The molecule has 0 saturated heterocycles. The van der Waals surface area contributed by atoms with E-state index in [0.717, 1.165) is 0 Å². The number of hydrogen-bond acceptors (Lipinski definition) is 5. The van der Waals surface area contributed by atoms with Crippen LogP contribution < -0.4 is 10.5 Å². The van der Waals surface area contributed by atoms with Crippen LogP contribution in [0.3, 0.4) is 0 Å². The first-order valence-electron chi connectivity index (χ1n) is 6.59. The summed E-state index contributed by atoms with van der Waals surface area (Å²) < 4.78 is 5.28. The minimum atomic E-state index is -1.58. The number of aliphatic carboxylic acids is 1. The molecule has 2 unspecified atom stereocenters. The van der Waals surface area contributed by atoms with Gasteiger partial charge in [-0.3, -0.25) is 0 Å². The molecule has 0 amide bonds. The number of carbonyl (C=O) groups is 1. The number of benzene rings is 2. The molecule has 2 rings (SSSR count). The molecule has 2 atom stereocenters. The zero-order valence-electron chi connectivity index (χ0n) is 12.0. The predicted octanol–water partition coefficient (Wildman–Crippen LogP) is 2.56. The van der Waals surface area contributed by atoms with Gasteiger partial charge in [0.25, 0.3) is 0 Å². The number of ether oxygens (including phenoxy) is 1. The Hall–Kier alpha value is -2.18. The van der Waals surface area contributed by atoms with Crippen LogP contribution in [-0.2, 0) is 4.79 Å². The molecular formula is C16H17NO4S. The number of rotatable bonds is 6. The first-order chi connectivity index (χ1) is 10.5. The van der Waals surface area contributed by atoms with Crippen LogP contribution in [0.2, 0.25) is 0 Å². The van der Waals surface area contributed by atoms with Gasteiger partial charge in [-0.05, 0) is 18.2 Å². The summed E-state index contributed by atoms with van der Waals surface area (Å²) in [6, 6.07) is 14.2. The number of nitrogens with two attached hydrogens (primary N) is 1. The largest absolute Gasteiger partial charge is 0.496 e. The molecule has 5 nitrogen and oxygen atoms in total. The Morgan fingerprint density at radius 3 is 2.45 bits per heavy atom. The molecular weight excluding hydrogens is 302 g/mol. The van der Waals surface area contributed by atoms with Crippen LogP contribution in [0, 0.1) is 0 Å². The number of carboxylic acid groups (broad SMARTS) is 1. The van der Waals surface area contributed by atoms with E-state index in [9.17, 15) is 15.0 Å². The maximum atomic E-state index is 11.3. The maximum Gasteiger partial charge on any atom is 0.334 e. The van der Waals surface area contributed by atoms with Crippen molar-refractivity contribution in [3.8, 4) is 5.75 Å². The van der Waals surface area contributed by atoms with E-state index in [4.69, 9.17) is 10.5 Å². The number of hydrogen-bond donors (Lipinski definition) is 3. The zero-order valence-corrected chi connectivity index (χ0v) is 12.8. The third-order valence-corrected chi connectivity index (χ3v) is 4.55. The number of anilines is 1. The highest BCUT2D eigenvalue weighted by atomic mass is 32.2. The Morgan fingerprint density at radius 2 is 1.82 bits per heavy atom. The second-order valence-corrected chi connectivity index (χ2v) is 5.78. The van der Waals surface area contributed by atoms with Crippen LogP contribution in [-0.4, -0.2) is 29.4 Å². The van der Waals surface area contributed by atoms with Crippen LogP contribution in [0.1, 0.15) is 10.8 Å². The van der Waals surface area contributed by atoms with Crippen molar-refractivity contribution in [1.29, 1.82) is 0 Å². The van der Waals surface area contributed by atoms with Gasteiger partial charge < -0.3 is 20.7 Å². The molecule has 0 heterocycles. The van der Waals surface area contributed by atoms with Crippen molar-refractivity contribution in [2.75, 3.05) is 12.8 Å². The van der Waals surface area contributed by atoms with Crippen molar-refractivity contribution in [1.82, 2.24) is 0 Å². The molecule has 0 aliphatic rings. The molecule has 0 fully saturated rings. The molecule has 2 aromatic carbocycles. The average Bonchev–Trinajstić information content (AvgIpc) is 2.53. The van der Waals surface area contributed by atoms with Crippen LogP contribution in [0.4, 0.5) is 5.69 Å². The van der Waals surface area contributed by atoms with Crippen molar-refractivity contribution in [2.24, 2.45) is 0 Å². The summed E-state index contributed by atoms with van der Waals surface area (Å²) in [7, 11) is 1.50. The van der Waals surface area contributed by atoms with Gasteiger partial charge in [0.15, 0.2) is 6.10 Å². The summed E-state index contributed by atoms with van der Waals surface area (Å²) in [6.45, 7) is 0. The molecule has 6 heteroatoms. The molecule has 4 N–H and O–H groups in total. The maximum absolute atomic E-state index is 11.3. The average molecular weight is 319 g/mol. The van der Waals surface area contributed by atoms with E-state index in [2.05, 4.69) is 0 Å². The Morgan fingerprint density at radius 1 is 1.18 bits per heavy atom. The van der Waals surface area contributed by atoms with Gasteiger partial charge in [0.1, 0.15) is 5.75 Å². The number of aliphatic hydroxyl groups excluding tert-OH is 1. The molecule has 0 aromatic heterocycles. The fraction of sp³-hybridized carbons (Fsp3) is 0.188. The highest BCUT2D eigenvalue weighted by molar-refractivity contribution is 7.99. The second kappa shape index (κ2) is 7.20. The van der Waals surface area contributed by atoms with E-state index in [1.807, 2.05) is 6.07 Å². The molecule has 0 bridgehead atoms. The minimum absolute atomic E-state index is 0.523. The predicted molar refractivity (Wildman–Crippen MR) is 86.1 cm³/mol. The first kappa shape index (κ1) is 16.2. The minimum Gasteiger partial charge on any atom is -0.496 e. The topological polar surface area (TPSA) is 92.8 Å². The van der Waals surface area contributed by atoms with Crippen LogP contribution in [0.15, 0.2) is 53.4 Å². The van der Waals surface area contributed by atoms with Crippen molar-refractivity contribution in [2.45, 2.75) is 16.2 Å². The fourth-order valence-corrected chi connectivity index (χ4v) is 3.26. The molecule has 0 spiro atoms. The molecule has 0 saturated carbocycles. The van der Waals surface area contributed by atoms with Crippen LogP contribution >= 0.6 is 11.8 Å². The Kier molecular flexibility index (Phi) is 5.30. The van der Waals surface area contributed by atoms with E-state index in [0.29, 0.717) is 21.9 Å². The summed E-state index contributed by atoms with van der Waals surface area (Å²) >= 11 is 1.20. The monoisotopic (exact) mass is 319 g/mol. The molecule has 0 radical (unpaired) electrons. The third-order valence-electron chi connectivity index (χ3n) is 3.16. The smallest absolute Gasteiger partial charge is 0.334 e. The molecule has 2 aromatic rings. The van der Waals surface area contributed by atoms with Crippen molar-refractivity contribution >= 4 is 23.4 Å². The fourth-order valence-electron chi connectivity index (χ4n) is 2.05. The van der Waals surface area contributed by atoms with Gasteiger partial charge in [0.2, 0.25) is 0 Å². The number of nitrogen functional groups attached to an aromatic ring is 1. The lowest BCUT2D eigenvalue weighted by atomic mass is 10.1. The normalized spacial score (nSPS) is 13.4. The number of carboxylic acids is 1. The number of thioether (sulfide) groups is 1. The van der Waals surface area contributed by atoms with E-state index >= 15 is 0 Å².